The normalized spacial score (nSPS) is 10.8. The van der Waals surface area contributed by atoms with Gasteiger partial charge in [0, 0.05) is 0 Å². The van der Waals surface area contributed by atoms with Crippen molar-refractivity contribution in [2.45, 2.75) is 24.7 Å². The molecule has 2 rings (SSSR count). The number of rotatable bonds is 7. The summed E-state index contributed by atoms with van der Waals surface area (Å²) in [5, 5.41) is 8.86. The van der Waals surface area contributed by atoms with Crippen LogP contribution in [0.4, 0.5) is 5.69 Å². The largest absolute Gasteiger partial charge is 0.494 e. The number of unbranched alkanes of at least 4 members (excludes halogenated alkanes) is 1. The molecule has 2 aromatic carbocycles. The first kappa shape index (κ1) is 16.8. The van der Waals surface area contributed by atoms with E-state index in [4.69, 9.17) is 10.00 Å². The molecule has 23 heavy (non-hydrogen) atoms. The van der Waals surface area contributed by atoms with Gasteiger partial charge in [0.1, 0.15) is 5.75 Å². The maximum absolute atomic E-state index is 12.3. The average molecular weight is 330 g/mol. The van der Waals surface area contributed by atoms with E-state index in [1.807, 2.05) is 6.07 Å². The lowest BCUT2D eigenvalue weighted by molar-refractivity contribution is 0.309. The standard InChI is InChI=1S/C17H18N2O3S/c1-2-3-11-22-16-7-9-17(10-8-16)23(20,21)19-15-6-4-5-14(12-15)13-18/h4-10,12,19H,2-3,11H2,1H3. The summed E-state index contributed by atoms with van der Waals surface area (Å²) in [4.78, 5) is 0.141. The van der Waals surface area contributed by atoms with Gasteiger partial charge in [-0.15, -0.1) is 0 Å². The summed E-state index contributed by atoms with van der Waals surface area (Å²) in [7, 11) is -3.70. The van der Waals surface area contributed by atoms with Crippen LogP contribution in [0.1, 0.15) is 25.3 Å². The smallest absolute Gasteiger partial charge is 0.261 e. The highest BCUT2D eigenvalue weighted by Crippen LogP contribution is 2.20. The molecule has 2 aromatic rings. The summed E-state index contributed by atoms with van der Waals surface area (Å²) in [6.07, 6.45) is 2.00. The predicted molar refractivity (Wildman–Crippen MR) is 88.8 cm³/mol. The summed E-state index contributed by atoms with van der Waals surface area (Å²) < 4.78 is 32.6. The summed E-state index contributed by atoms with van der Waals surface area (Å²) >= 11 is 0. The summed E-state index contributed by atoms with van der Waals surface area (Å²) in [5.74, 6) is 0.642. The first-order valence-electron chi connectivity index (χ1n) is 7.31. The molecule has 0 aliphatic heterocycles. The Morgan fingerprint density at radius 1 is 1.17 bits per heavy atom. The van der Waals surface area contributed by atoms with Gasteiger partial charge in [0.2, 0.25) is 0 Å². The third-order valence-corrected chi connectivity index (χ3v) is 4.54. The van der Waals surface area contributed by atoms with E-state index >= 15 is 0 Å². The Morgan fingerprint density at radius 2 is 1.91 bits per heavy atom. The second kappa shape index (κ2) is 7.65. The molecule has 0 heterocycles. The van der Waals surface area contributed by atoms with Crippen LogP contribution in [0.3, 0.4) is 0 Å². The predicted octanol–water partition coefficient (Wildman–Crippen LogP) is 3.54. The molecular formula is C17H18N2O3S. The topological polar surface area (TPSA) is 79.2 Å². The molecule has 0 aliphatic rings. The molecule has 120 valence electrons. The molecule has 5 nitrogen and oxygen atoms in total. The van der Waals surface area contributed by atoms with Gasteiger partial charge in [-0.3, -0.25) is 4.72 Å². The Labute approximate surface area is 136 Å². The highest BCUT2D eigenvalue weighted by atomic mass is 32.2. The van der Waals surface area contributed by atoms with E-state index < -0.39 is 10.0 Å². The quantitative estimate of drug-likeness (QED) is 0.788. The van der Waals surface area contributed by atoms with Gasteiger partial charge in [-0.25, -0.2) is 8.42 Å². The van der Waals surface area contributed by atoms with Gasteiger partial charge in [-0.2, -0.15) is 5.26 Å². The van der Waals surface area contributed by atoms with Crippen molar-refractivity contribution >= 4 is 15.7 Å². The zero-order valence-corrected chi connectivity index (χ0v) is 13.6. The van der Waals surface area contributed by atoms with E-state index in [9.17, 15) is 8.42 Å². The minimum absolute atomic E-state index is 0.141. The van der Waals surface area contributed by atoms with Crippen molar-refractivity contribution in [1.82, 2.24) is 0 Å². The van der Waals surface area contributed by atoms with Gasteiger partial charge < -0.3 is 4.74 Å². The summed E-state index contributed by atoms with van der Waals surface area (Å²) in [5.41, 5.74) is 0.747. The van der Waals surface area contributed by atoms with Crippen LogP contribution in [0.5, 0.6) is 5.75 Å². The van der Waals surface area contributed by atoms with Crippen LogP contribution >= 0.6 is 0 Å². The van der Waals surface area contributed by atoms with Crippen LogP contribution in [-0.2, 0) is 10.0 Å². The second-order valence-electron chi connectivity index (χ2n) is 4.97. The SMILES string of the molecule is CCCCOc1ccc(S(=O)(=O)Nc2cccc(C#N)c2)cc1. The number of sulfonamides is 1. The second-order valence-corrected chi connectivity index (χ2v) is 6.65. The first-order chi connectivity index (χ1) is 11.0. The molecule has 1 N–H and O–H groups in total. The van der Waals surface area contributed by atoms with E-state index in [1.54, 1.807) is 30.3 Å². The van der Waals surface area contributed by atoms with Crippen LogP contribution in [0.25, 0.3) is 0 Å². The molecule has 0 aromatic heterocycles. The van der Waals surface area contributed by atoms with Crippen LogP contribution in [0.2, 0.25) is 0 Å². The third-order valence-electron chi connectivity index (χ3n) is 3.14. The van der Waals surface area contributed by atoms with E-state index in [0.29, 0.717) is 23.6 Å². The van der Waals surface area contributed by atoms with Crippen molar-refractivity contribution in [3.8, 4) is 11.8 Å². The monoisotopic (exact) mass is 330 g/mol. The fourth-order valence-electron chi connectivity index (χ4n) is 1.92. The molecule has 0 amide bonds. The fourth-order valence-corrected chi connectivity index (χ4v) is 2.97. The highest BCUT2D eigenvalue weighted by Gasteiger charge is 2.14. The Kier molecular flexibility index (Phi) is 5.61. The minimum Gasteiger partial charge on any atom is -0.494 e. The van der Waals surface area contributed by atoms with Crippen molar-refractivity contribution in [1.29, 1.82) is 5.26 Å². The van der Waals surface area contributed by atoms with E-state index in [2.05, 4.69) is 11.6 Å². The molecule has 0 saturated heterocycles. The van der Waals surface area contributed by atoms with E-state index in [0.717, 1.165) is 12.8 Å². The lowest BCUT2D eigenvalue weighted by Gasteiger charge is -2.09. The van der Waals surface area contributed by atoms with Crippen molar-refractivity contribution in [3.05, 3.63) is 54.1 Å². The number of benzene rings is 2. The van der Waals surface area contributed by atoms with Gasteiger partial charge >= 0.3 is 0 Å². The van der Waals surface area contributed by atoms with Crippen molar-refractivity contribution in [2.75, 3.05) is 11.3 Å². The number of hydrogen-bond acceptors (Lipinski definition) is 4. The number of nitriles is 1. The Bertz CT molecular complexity index is 793. The fraction of sp³-hybridized carbons (Fsp3) is 0.235. The first-order valence-corrected chi connectivity index (χ1v) is 8.79. The van der Waals surface area contributed by atoms with Crippen LogP contribution in [0, 0.1) is 11.3 Å². The molecular weight excluding hydrogens is 312 g/mol. The van der Waals surface area contributed by atoms with Gasteiger partial charge in [0.05, 0.1) is 28.8 Å². The van der Waals surface area contributed by atoms with E-state index in [-0.39, 0.29) is 4.90 Å². The number of nitrogens with zero attached hydrogens (tertiary/aromatic N) is 1. The van der Waals surface area contributed by atoms with Gasteiger partial charge in [-0.1, -0.05) is 19.4 Å². The highest BCUT2D eigenvalue weighted by molar-refractivity contribution is 7.92. The molecule has 0 unspecified atom stereocenters. The van der Waals surface area contributed by atoms with Crippen molar-refractivity contribution in [2.24, 2.45) is 0 Å². The van der Waals surface area contributed by atoms with Crippen LogP contribution in [-0.4, -0.2) is 15.0 Å². The third kappa shape index (κ3) is 4.73. The van der Waals surface area contributed by atoms with Crippen LogP contribution < -0.4 is 9.46 Å². The lowest BCUT2D eigenvalue weighted by Crippen LogP contribution is -2.13. The van der Waals surface area contributed by atoms with Gasteiger partial charge in [0.25, 0.3) is 10.0 Å². The molecule has 0 radical (unpaired) electrons. The average Bonchev–Trinajstić information content (AvgIpc) is 2.55. The lowest BCUT2D eigenvalue weighted by atomic mass is 10.2. The zero-order valence-electron chi connectivity index (χ0n) is 12.8. The van der Waals surface area contributed by atoms with Crippen molar-refractivity contribution in [3.63, 3.8) is 0 Å². The number of nitrogens with one attached hydrogen (secondary N) is 1. The molecule has 0 saturated carbocycles. The van der Waals surface area contributed by atoms with Crippen LogP contribution in [0.15, 0.2) is 53.4 Å². The molecule has 0 aliphatic carbocycles. The Balaban J connectivity index is 2.11. The number of ether oxygens (including phenoxy) is 1. The van der Waals surface area contributed by atoms with Crippen molar-refractivity contribution < 1.29 is 13.2 Å². The van der Waals surface area contributed by atoms with Gasteiger partial charge in [-0.05, 0) is 48.9 Å². The number of hydrogen-bond donors (Lipinski definition) is 1. The maximum atomic E-state index is 12.3. The maximum Gasteiger partial charge on any atom is 0.261 e. The Morgan fingerprint density at radius 3 is 2.57 bits per heavy atom. The summed E-state index contributed by atoms with van der Waals surface area (Å²) in [6, 6.07) is 14.6. The van der Waals surface area contributed by atoms with E-state index in [1.165, 1.54) is 18.2 Å². The molecule has 0 bridgehead atoms. The molecule has 0 atom stereocenters. The minimum atomic E-state index is -3.70. The molecule has 6 heteroatoms. The summed E-state index contributed by atoms with van der Waals surface area (Å²) in [6.45, 7) is 2.69. The molecule has 0 fully saturated rings. The zero-order chi connectivity index (χ0) is 16.7. The number of anilines is 1. The molecule has 0 spiro atoms. The van der Waals surface area contributed by atoms with Gasteiger partial charge in [0.15, 0.2) is 0 Å². The Hall–Kier alpha value is -2.52.